The van der Waals surface area contributed by atoms with Gasteiger partial charge in [0.25, 0.3) is 0 Å². The van der Waals surface area contributed by atoms with Crippen LogP contribution < -0.4 is 0 Å². The van der Waals surface area contributed by atoms with Crippen molar-refractivity contribution >= 4 is 0 Å². The lowest BCUT2D eigenvalue weighted by atomic mass is 10.0. The minimum absolute atomic E-state index is 0.520. The van der Waals surface area contributed by atoms with Crippen molar-refractivity contribution in [1.29, 1.82) is 0 Å². The van der Waals surface area contributed by atoms with Crippen LogP contribution in [0.2, 0.25) is 0 Å². The molecule has 3 heterocycles. The Bertz CT molecular complexity index is 874. The van der Waals surface area contributed by atoms with Gasteiger partial charge in [0.15, 0.2) is 0 Å². The van der Waals surface area contributed by atoms with Crippen LogP contribution in [0.5, 0.6) is 0 Å². The molecule has 0 spiro atoms. The average molecular weight is 446 g/mol. The zero-order valence-electron chi connectivity index (χ0n) is 22.2. The molecule has 0 N–H and O–H groups in total. The Morgan fingerprint density at radius 2 is 1.00 bits per heavy atom. The van der Waals surface area contributed by atoms with Crippen molar-refractivity contribution in [2.24, 2.45) is 0 Å². The molecule has 0 aliphatic carbocycles. The molecule has 0 aliphatic heterocycles. The Balaban J connectivity index is 0.000000240. The molecule has 0 atom stereocenters. The molecular weight excluding hydrogens is 402 g/mol. The third-order valence-corrected chi connectivity index (χ3v) is 5.44. The topological polar surface area (TPSA) is 78.1 Å². The zero-order valence-corrected chi connectivity index (χ0v) is 22.2. The van der Waals surface area contributed by atoms with Crippen molar-refractivity contribution in [3.05, 3.63) is 51.1 Å². The van der Waals surface area contributed by atoms with Gasteiger partial charge in [-0.3, -0.25) is 0 Å². The second kappa shape index (κ2) is 12.6. The van der Waals surface area contributed by atoms with Gasteiger partial charge in [-0.2, -0.15) is 0 Å². The summed E-state index contributed by atoms with van der Waals surface area (Å²) in [5.74, 6) is 4.53. The summed E-state index contributed by atoms with van der Waals surface area (Å²) in [4.78, 5) is 0. The van der Waals surface area contributed by atoms with Gasteiger partial charge in [0.05, 0.1) is 17.1 Å². The molecule has 6 heteroatoms. The number of hydrogen-bond acceptors (Lipinski definition) is 6. The van der Waals surface area contributed by atoms with Crippen LogP contribution in [0.1, 0.15) is 124 Å². The minimum atomic E-state index is 0.520. The fourth-order valence-electron chi connectivity index (χ4n) is 4.15. The Labute approximate surface area is 194 Å². The quantitative estimate of drug-likeness (QED) is 0.399. The Morgan fingerprint density at radius 3 is 1.31 bits per heavy atom. The van der Waals surface area contributed by atoms with Crippen molar-refractivity contribution in [3.8, 4) is 0 Å². The summed E-state index contributed by atoms with van der Waals surface area (Å²) < 4.78 is 15.3. The molecule has 6 nitrogen and oxygen atoms in total. The van der Waals surface area contributed by atoms with Gasteiger partial charge >= 0.3 is 0 Å². The maximum Gasteiger partial charge on any atom is 0.140 e. The predicted molar refractivity (Wildman–Crippen MR) is 129 cm³/mol. The minimum Gasteiger partial charge on any atom is -0.361 e. The van der Waals surface area contributed by atoms with Crippen molar-refractivity contribution in [2.45, 2.75) is 114 Å². The van der Waals surface area contributed by atoms with Gasteiger partial charge in [-0.15, -0.1) is 0 Å². The van der Waals surface area contributed by atoms with E-state index < -0.39 is 0 Å². The van der Waals surface area contributed by atoms with Crippen LogP contribution in [0.15, 0.2) is 13.6 Å². The van der Waals surface area contributed by atoms with E-state index in [1.165, 1.54) is 16.7 Å². The molecule has 0 aliphatic rings. The van der Waals surface area contributed by atoms with Gasteiger partial charge in [-0.1, -0.05) is 70.9 Å². The highest BCUT2D eigenvalue weighted by molar-refractivity contribution is 5.26. The summed E-state index contributed by atoms with van der Waals surface area (Å²) in [6.45, 7) is 25.0. The van der Waals surface area contributed by atoms with E-state index in [1.807, 2.05) is 27.7 Å². The summed E-state index contributed by atoms with van der Waals surface area (Å²) in [6.07, 6.45) is 1.90. The number of hydrogen-bond donors (Lipinski definition) is 0. The maximum absolute atomic E-state index is 5.16. The molecule has 3 aromatic rings. The molecule has 32 heavy (non-hydrogen) atoms. The highest BCUT2D eigenvalue weighted by Crippen LogP contribution is 2.24. The second-order valence-electron chi connectivity index (χ2n) is 9.11. The van der Waals surface area contributed by atoms with E-state index in [9.17, 15) is 0 Å². The monoisotopic (exact) mass is 445 g/mol. The first kappa shape index (κ1) is 27.7. The van der Waals surface area contributed by atoms with Crippen LogP contribution in [0.3, 0.4) is 0 Å². The van der Waals surface area contributed by atoms with Gasteiger partial charge in [-0.25, -0.2) is 0 Å². The molecule has 0 radical (unpaired) electrons. The normalized spacial score (nSPS) is 11.0. The first-order chi connectivity index (χ1) is 15.0. The fourth-order valence-corrected chi connectivity index (χ4v) is 4.15. The molecule has 0 saturated carbocycles. The van der Waals surface area contributed by atoms with Crippen LogP contribution in [0.4, 0.5) is 0 Å². The largest absolute Gasteiger partial charge is 0.361 e. The van der Waals surface area contributed by atoms with Crippen molar-refractivity contribution < 1.29 is 13.6 Å². The van der Waals surface area contributed by atoms with Crippen molar-refractivity contribution in [3.63, 3.8) is 0 Å². The van der Waals surface area contributed by atoms with Gasteiger partial charge < -0.3 is 13.6 Å². The third-order valence-electron chi connectivity index (χ3n) is 5.44. The lowest BCUT2D eigenvalue weighted by molar-refractivity contribution is 0.381. The first-order valence-electron chi connectivity index (χ1n) is 11.8. The molecule has 0 aromatic carbocycles. The average Bonchev–Trinajstić information content (AvgIpc) is 3.38. The van der Waals surface area contributed by atoms with Crippen LogP contribution >= 0.6 is 0 Å². The van der Waals surface area contributed by atoms with E-state index in [0.717, 1.165) is 47.2 Å². The summed E-state index contributed by atoms with van der Waals surface area (Å²) in [6, 6.07) is 0. The maximum atomic E-state index is 5.16. The van der Waals surface area contributed by atoms with Crippen LogP contribution in [0.25, 0.3) is 0 Å². The van der Waals surface area contributed by atoms with E-state index in [-0.39, 0.29) is 0 Å². The van der Waals surface area contributed by atoms with Crippen LogP contribution in [-0.4, -0.2) is 15.5 Å². The Kier molecular flexibility index (Phi) is 10.9. The first-order valence-corrected chi connectivity index (χ1v) is 11.8. The zero-order chi connectivity index (χ0) is 24.6. The van der Waals surface area contributed by atoms with Crippen molar-refractivity contribution in [1.82, 2.24) is 15.5 Å². The predicted octanol–water partition coefficient (Wildman–Crippen LogP) is 7.75. The van der Waals surface area contributed by atoms with E-state index in [1.54, 1.807) is 0 Å². The molecule has 180 valence electrons. The van der Waals surface area contributed by atoms with Gasteiger partial charge in [0.2, 0.25) is 0 Å². The van der Waals surface area contributed by atoms with E-state index >= 15 is 0 Å². The highest BCUT2D eigenvalue weighted by Gasteiger charge is 2.14. The molecule has 0 amide bonds. The molecule has 3 aromatic heterocycles. The van der Waals surface area contributed by atoms with E-state index in [0.29, 0.717) is 17.8 Å². The molecular formula is C26H43N3O3. The van der Waals surface area contributed by atoms with Crippen LogP contribution in [0, 0.1) is 27.7 Å². The Hall–Kier alpha value is -2.37. The third kappa shape index (κ3) is 7.07. The SMILES string of the molecule is CCc1noc(C)c1C(C)C.CCc1onc(C)c1C(C)C.Cc1noc(C)c1C(C)C. The number of aryl methyl sites for hydroxylation is 6. The van der Waals surface area contributed by atoms with Gasteiger partial charge in [0, 0.05) is 23.1 Å². The van der Waals surface area contributed by atoms with Gasteiger partial charge in [-0.05, 0) is 51.9 Å². The summed E-state index contributed by atoms with van der Waals surface area (Å²) in [5.41, 5.74) is 6.99. The van der Waals surface area contributed by atoms with E-state index in [4.69, 9.17) is 13.6 Å². The summed E-state index contributed by atoms with van der Waals surface area (Å²) in [7, 11) is 0. The molecule has 0 bridgehead atoms. The van der Waals surface area contributed by atoms with Crippen molar-refractivity contribution in [2.75, 3.05) is 0 Å². The second-order valence-corrected chi connectivity index (χ2v) is 9.11. The lowest BCUT2D eigenvalue weighted by Gasteiger charge is -2.02. The Morgan fingerprint density at radius 1 is 0.562 bits per heavy atom. The molecule has 0 fully saturated rings. The van der Waals surface area contributed by atoms with E-state index in [2.05, 4.69) is 70.9 Å². The fraction of sp³-hybridized carbons (Fsp3) is 0.654. The summed E-state index contributed by atoms with van der Waals surface area (Å²) >= 11 is 0. The molecule has 0 unspecified atom stereocenters. The smallest absolute Gasteiger partial charge is 0.140 e. The number of rotatable bonds is 5. The highest BCUT2D eigenvalue weighted by atomic mass is 16.5. The number of aromatic nitrogens is 3. The molecule has 0 saturated heterocycles. The molecule has 3 rings (SSSR count). The standard InChI is InChI=1S/2C9H15NO.C8H13NO/c1-5-8-9(6(2)3)7(4)11-10-8;1-5-8-9(6(2)3)7(4)10-11-8;1-5(2)8-6(3)9-10-7(8)4/h2*6H,5H2,1-4H3;5H,1-4H3. The summed E-state index contributed by atoms with van der Waals surface area (Å²) in [5, 5.41) is 11.8. The van der Waals surface area contributed by atoms with Crippen LogP contribution in [-0.2, 0) is 12.8 Å². The lowest BCUT2D eigenvalue weighted by Crippen LogP contribution is -1.93. The number of nitrogens with zero attached hydrogens (tertiary/aromatic N) is 3. The van der Waals surface area contributed by atoms with Gasteiger partial charge in [0.1, 0.15) is 17.3 Å².